The van der Waals surface area contributed by atoms with E-state index in [2.05, 4.69) is 10.5 Å². The SMILES string of the molecule is N/C(=N/O)C1CCCC1NC(=O)c1ccc(Cl)c(F)c1. The fourth-order valence-electron chi connectivity index (χ4n) is 2.45. The Kier molecular flexibility index (Phi) is 4.44. The molecule has 2 rings (SSSR count). The van der Waals surface area contributed by atoms with E-state index in [9.17, 15) is 9.18 Å². The number of nitrogens with two attached hydrogens (primary N) is 1. The fraction of sp³-hybridized carbons (Fsp3) is 0.385. The van der Waals surface area contributed by atoms with Gasteiger partial charge in [0.05, 0.1) is 5.02 Å². The number of oxime groups is 1. The van der Waals surface area contributed by atoms with Crippen molar-refractivity contribution in [2.45, 2.75) is 25.3 Å². The van der Waals surface area contributed by atoms with Crippen LogP contribution < -0.4 is 11.1 Å². The summed E-state index contributed by atoms with van der Waals surface area (Å²) in [4.78, 5) is 12.1. The highest BCUT2D eigenvalue weighted by atomic mass is 35.5. The lowest BCUT2D eigenvalue weighted by Crippen LogP contribution is -2.42. The van der Waals surface area contributed by atoms with Crippen LogP contribution in [0.1, 0.15) is 29.6 Å². The van der Waals surface area contributed by atoms with E-state index in [1.165, 1.54) is 12.1 Å². The largest absolute Gasteiger partial charge is 0.409 e. The number of halogens is 2. The van der Waals surface area contributed by atoms with Gasteiger partial charge in [-0.3, -0.25) is 4.79 Å². The maximum Gasteiger partial charge on any atom is 0.251 e. The van der Waals surface area contributed by atoms with E-state index in [1.807, 2.05) is 0 Å². The van der Waals surface area contributed by atoms with Crippen molar-refractivity contribution in [3.8, 4) is 0 Å². The summed E-state index contributed by atoms with van der Waals surface area (Å²) in [6.07, 6.45) is 2.36. The Labute approximate surface area is 120 Å². The molecule has 1 aliphatic carbocycles. The topological polar surface area (TPSA) is 87.7 Å². The Morgan fingerprint density at radius 3 is 2.90 bits per heavy atom. The lowest BCUT2D eigenvalue weighted by atomic mass is 10.0. The number of hydrogen-bond donors (Lipinski definition) is 3. The zero-order valence-corrected chi connectivity index (χ0v) is 11.4. The normalized spacial score (nSPS) is 22.8. The summed E-state index contributed by atoms with van der Waals surface area (Å²) in [5.74, 6) is -1.13. The van der Waals surface area contributed by atoms with Crippen molar-refractivity contribution < 1.29 is 14.4 Å². The number of nitrogens with one attached hydrogen (secondary N) is 1. The monoisotopic (exact) mass is 299 g/mol. The molecule has 7 heteroatoms. The van der Waals surface area contributed by atoms with Crippen LogP contribution in [0.4, 0.5) is 4.39 Å². The zero-order valence-electron chi connectivity index (χ0n) is 10.6. The van der Waals surface area contributed by atoms with Gasteiger partial charge in [0.25, 0.3) is 5.91 Å². The molecule has 1 saturated carbocycles. The molecule has 4 N–H and O–H groups in total. The molecule has 0 radical (unpaired) electrons. The predicted octanol–water partition coefficient (Wildman–Crippen LogP) is 2.12. The maximum absolute atomic E-state index is 13.3. The number of hydrogen-bond acceptors (Lipinski definition) is 3. The van der Waals surface area contributed by atoms with Crippen molar-refractivity contribution in [3.63, 3.8) is 0 Å². The van der Waals surface area contributed by atoms with Crippen LogP contribution in [0.5, 0.6) is 0 Å². The van der Waals surface area contributed by atoms with E-state index in [1.54, 1.807) is 0 Å². The average molecular weight is 300 g/mol. The van der Waals surface area contributed by atoms with Crippen molar-refractivity contribution in [1.82, 2.24) is 5.32 Å². The van der Waals surface area contributed by atoms with E-state index < -0.39 is 11.7 Å². The molecule has 1 aromatic carbocycles. The second kappa shape index (κ2) is 6.09. The minimum absolute atomic E-state index is 0.0306. The summed E-state index contributed by atoms with van der Waals surface area (Å²) in [7, 11) is 0. The quantitative estimate of drug-likeness (QED) is 0.346. The van der Waals surface area contributed by atoms with Crippen LogP contribution in [0.25, 0.3) is 0 Å². The number of nitrogens with zero attached hydrogens (tertiary/aromatic N) is 1. The second-order valence-corrected chi connectivity index (χ2v) is 5.18. The van der Waals surface area contributed by atoms with Crippen molar-refractivity contribution in [1.29, 1.82) is 0 Å². The highest BCUT2D eigenvalue weighted by molar-refractivity contribution is 6.30. The molecule has 20 heavy (non-hydrogen) atoms. The van der Waals surface area contributed by atoms with Crippen molar-refractivity contribution in [2.24, 2.45) is 16.8 Å². The molecule has 0 heterocycles. The second-order valence-electron chi connectivity index (χ2n) is 4.77. The molecule has 1 amide bonds. The molecule has 0 aromatic heterocycles. The first-order valence-corrected chi connectivity index (χ1v) is 6.64. The summed E-state index contributed by atoms with van der Waals surface area (Å²) in [5, 5.41) is 14.5. The van der Waals surface area contributed by atoms with Gasteiger partial charge in [0.2, 0.25) is 0 Å². The van der Waals surface area contributed by atoms with Gasteiger partial charge in [0.15, 0.2) is 0 Å². The molecule has 1 aliphatic rings. The Balaban J connectivity index is 2.09. The number of rotatable bonds is 3. The minimum atomic E-state index is -0.640. The summed E-state index contributed by atoms with van der Waals surface area (Å²) < 4.78 is 13.3. The molecule has 5 nitrogen and oxygen atoms in total. The van der Waals surface area contributed by atoms with Gasteiger partial charge in [-0.15, -0.1) is 0 Å². The van der Waals surface area contributed by atoms with E-state index in [-0.39, 0.29) is 28.4 Å². The molecule has 2 unspecified atom stereocenters. The molecule has 0 aliphatic heterocycles. The number of carbonyl (C=O) groups excluding carboxylic acids is 1. The lowest BCUT2D eigenvalue weighted by Gasteiger charge is -2.19. The van der Waals surface area contributed by atoms with Crippen LogP contribution in [-0.4, -0.2) is 23.0 Å². The van der Waals surface area contributed by atoms with E-state index in [0.29, 0.717) is 0 Å². The first-order chi connectivity index (χ1) is 9.52. The number of amidine groups is 1. The van der Waals surface area contributed by atoms with Gasteiger partial charge >= 0.3 is 0 Å². The van der Waals surface area contributed by atoms with Gasteiger partial charge in [-0.1, -0.05) is 23.2 Å². The van der Waals surface area contributed by atoms with Crippen LogP contribution in [0.3, 0.4) is 0 Å². The zero-order chi connectivity index (χ0) is 14.7. The van der Waals surface area contributed by atoms with Crippen LogP contribution in [0.2, 0.25) is 5.02 Å². The minimum Gasteiger partial charge on any atom is -0.409 e. The van der Waals surface area contributed by atoms with Crippen LogP contribution in [0, 0.1) is 11.7 Å². The summed E-state index contributed by atoms with van der Waals surface area (Å²) in [6, 6.07) is 3.66. The first kappa shape index (κ1) is 14.6. The third-order valence-corrected chi connectivity index (χ3v) is 3.82. The van der Waals surface area contributed by atoms with Crippen molar-refractivity contribution in [2.75, 3.05) is 0 Å². The Morgan fingerprint density at radius 1 is 1.50 bits per heavy atom. The van der Waals surface area contributed by atoms with Crippen molar-refractivity contribution >= 4 is 23.3 Å². The molecule has 0 bridgehead atoms. The predicted molar refractivity (Wildman–Crippen MR) is 73.4 cm³/mol. The smallest absolute Gasteiger partial charge is 0.251 e. The standard InChI is InChI=1S/C13H15ClFN3O2/c14-9-5-4-7(6-10(9)15)13(19)17-11-3-1-2-8(11)12(16)18-20/h4-6,8,11,20H,1-3H2,(H2,16,18)(H,17,19). The lowest BCUT2D eigenvalue weighted by molar-refractivity contribution is 0.0933. The molecule has 1 aromatic rings. The number of amides is 1. The molecular formula is C13H15ClFN3O2. The fourth-order valence-corrected chi connectivity index (χ4v) is 2.57. The van der Waals surface area contributed by atoms with Crippen LogP contribution in [0.15, 0.2) is 23.4 Å². The highest BCUT2D eigenvalue weighted by Crippen LogP contribution is 2.26. The Hall–Kier alpha value is -1.82. The molecular weight excluding hydrogens is 285 g/mol. The third-order valence-electron chi connectivity index (χ3n) is 3.51. The first-order valence-electron chi connectivity index (χ1n) is 6.26. The third kappa shape index (κ3) is 3.01. The van der Waals surface area contributed by atoms with Gasteiger partial charge in [-0.25, -0.2) is 4.39 Å². The van der Waals surface area contributed by atoms with Gasteiger partial charge < -0.3 is 16.3 Å². The molecule has 108 valence electrons. The van der Waals surface area contributed by atoms with Gasteiger partial charge in [0.1, 0.15) is 11.7 Å². The van der Waals surface area contributed by atoms with E-state index in [0.717, 1.165) is 25.3 Å². The van der Waals surface area contributed by atoms with Gasteiger partial charge in [0, 0.05) is 17.5 Å². The maximum atomic E-state index is 13.3. The highest BCUT2D eigenvalue weighted by Gasteiger charge is 2.32. The molecule has 2 atom stereocenters. The van der Waals surface area contributed by atoms with Crippen LogP contribution >= 0.6 is 11.6 Å². The summed E-state index contributed by atoms with van der Waals surface area (Å²) >= 11 is 5.57. The number of carbonyl (C=O) groups is 1. The van der Waals surface area contributed by atoms with E-state index >= 15 is 0 Å². The molecule has 0 saturated heterocycles. The molecule has 0 spiro atoms. The number of benzene rings is 1. The Morgan fingerprint density at radius 2 is 2.25 bits per heavy atom. The van der Waals surface area contributed by atoms with E-state index in [4.69, 9.17) is 22.5 Å². The summed E-state index contributed by atoms with van der Waals surface area (Å²) in [5.41, 5.74) is 5.79. The Bertz CT molecular complexity index is 550. The average Bonchev–Trinajstić information content (AvgIpc) is 2.89. The van der Waals surface area contributed by atoms with Gasteiger partial charge in [-0.2, -0.15) is 0 Å². The summed E-state index contributed by atoms with van der Waals surface area (Å²) in [6.45, 7) is 0. The van der Waals surface area contributed by atoms with Crippen LogP contribution in [-0.2, 0) is 0 Å². The van der Waals surface area contributed by atoms with Gasteiger partial charge in [-0.05, 0) is 31.0 Å². The van der Waals surface area contributed by atoms with Crippen molar-refractivity contribution in [3.05, 3.63) is 34.6 Å². The molecule has 1 fully saturated rings.